The summed E-state index contributed by atoms with van der Waals surface area (Å²) < 4.78 is 0. The second kappa shape index (κ2) is 19.2. The third-order valence-electron chi connectivity index (χ3n) is 9.97. The van der Waals surface area contributed by atoms with Crippen LogP contribution in [0.15, 0.2) is 108 Å². The van der Waals surface area contributed by atoms with Gasteiger partial charge in [0.15, 0.2) is 0 Å². The summed E-state index contributed by atoms with van der Waals surface area (Å²) in [5.74, 6) is 5.49. The van der Waals surface area contributed by atoms with E-state index in [4.69, 9.17) is 25.5 Å². The molecule has 0 aromatic heterocycles. The zero-order valence-corrected chi connectivity index (χ0v) is 34.9. The van der Waals surface area contributed by atoms with E-state index in [1.54, 1.807) is 0 Å². The minimum atomic E-state index is 0.780. The summed E-state index contributed by atoms with van der Waals surface area (Å²) in [6.07, 6.45) is 13.8. The molecule has 0 spiro atoms. The molecule has 0 heterocycles. The molecule has 54 heavy (non-hydrogen) atoms. The molecule has 6 aromatic carbocycles. The zero-order valence-electron chi connectivity index (χ0n) is 34.0. The molecule has 0 saturated heterocycles. The van der Waals surface area contributed by atoms with Crippen LogP contribution in [0.25, 0.3) is 22.3 Å². The molecule has 1 aliphatic carbocycles. The predicted molar refractivity (Wildman–Crippen MR) is 239 cm³/mol. The molecule has 6 aromatic rings. The first-order chi connectivity index (χ1) is 26.0. The fourth-order valence-corrected chi connectivity index (χ4v) is 7.22. The van der Waals surface area contributed by atoms with Gasteiger partial charge in [-0.05, 0) is 157 Å². The van der Waals surface area contributed by atoms with Gasteiger partial charge in [-0.2, -0.15) is 0 Å². The molecule has 0 radical (unpaired) electrons. The van der Waals surface area contributed by atoms with E-state index in [1.807, 2.05) is 52.0 Å². The van der Waals surface area contributed by atoms with Crippen molar-refractivity contribution >= 4 is 12.6 Å². The number of terminal acetylenes is 2. The lowest BCUT2D eigenvalue weighted by molar-refractivity contribution is 1.13. The molecule has 4 bridgehead atoms. The molecule has 0 nitrogen and oxygen atoms in total. The molecule has 0 N–H and O–H groups in total. The van der Waals surface area contributed by atoms with Gasteiger partial charge < -0.3 is 0 Å². The quantitative estimate of drug-likeness (QED) is 0.133. The van der Waals surface area contributed by atoms with Gasteiger partial charge in [-0.25, -0.2) is 0 Å². The van der Waals surface area contributed by atoms with Crippen molar-refractivity contribution in [1.29, 1.82) is 0 Å². The van der Waals surface area contributed by atoms with E-state index in [0.29, 0.717) is 0 Å². The number of rotatable bonds is 2. The summed E-state index contributed by atoms with van der Waals surface area (Å²) in [6.45, 7) is 21.0. The summed E-state index contributed by atoms with van der Waals surface area (Å²) in [7, 11) is 0. The maximum Gasteiger partial charge on any atom is 0.0278 e. The van der Waals surface area contributed by atoms with Crippen LogP contribution in [0.1, 0.15) is 106 Å². The van der Waals surface area contributed by atoms with Gasteiger partial charge in [0.2, 0.25) is 0 Å². The molecule has 274 valence electrons. The summed E-state index contributed by atoms with van der Waals surface area (Å²) in [4.78, 5) is 1.05. The summed E-state index contributed by atoms with van der Waals surface area (Å²) in [5.41, 5.74) is 22.7. The molecule has 1 heteroatoms. The van der Waals surface area contributed by atoms with Crippen LogP contribution in [0.4, 0.5) is 0 Å². The van der Waals surface area contributed by atoms with Crippen molar-refractivity contribution in [3.05, 3.63) is 181 Å². The predicted octanol–water partition coefficient (Wildman–Crippen LogP) is 13.9. The first-order valence-electron chi connectivity index (χ1n) is 19.3. The molecule has 0 atom stereocenters. The van der Waals surface area contributed by atoms with Gasteiger partial charge in [-0.3, -0.25) is 0 Å². The third-order valence-corrected chi connectivity index (χ3v) is 10.5. The highest BCUT2D eigenvalue weighted by Crippen LogP contribution is 2.37. The molecule has 0 saturated carbocycles. The molecule has 0 fully saturated rings. The smallest absolute Gasteiger partial charge is 0.0278 e. The van der Waals surface area contributed by atoms with Gasteiger partial charge in [0, 0.05) is 16.0 Å². The summed E-state index contributed by atoms with van der Waals surface area (Å²) in [5, 5.41) is 0. The molecule has 1 aliphatic rings. The number of hydrogen-bond acceptors (Lipinski definition) is 1. The fraction of sp³-hybridized carbons (Fsp3) is 0.245. The Hall–Kier alpha value is -5.21. The number of hydrogen-bond donors (Lipinski definition) is 1. The zero-order chi connectivity index (χ0) is 39.5. The van der Waals surface area contributed by atoms with Crippen LogP contribution in [0.3, 0.4) is 0 Å². The maximum atomic E-state index is 5.56. The van der Waals surface area contributed by atoms with Crippen molar-refractivity contribution < 1.29 is 0 Å². The minimum absolute atomic E-state index is 0.780. The second-order valence-electron chi connectivity index (χ2n) is 13.9. The maximum absolute atomic E-state index is 5.56. The Balaban J connectivity index is 0.000000243. The van der Waals surface area contributed by atoms with Gasteiger partial charge in [0.05, 0.1) is 0 Å². The highest BCUT2D eigenvalue weighted by atomic mass is 32.1. The standard InChI is InChI=1S/C30H28S.C19H16.2C2H6/c1-18-8-9-23-13-22-6-5-7-24(14-22)28-17-30(31)21(4)11-25(28)16-26-10-19(2)20(3)12-29(26)27(18)15-23;1-5-16-9-7-14(3)11-18(16)13-19-12-15(4)8-10-17(19)6-2;2*1-2/h5-12,14-15,17,31H,13,16H2,1-4H3;1-2,7-12H,13H2,3-4H3;2*1-2H3. The topological polar surface area (TPSA) is 0 Å². The summed E-state index contributed by atoms with van der Waals surface area (Å²) in [6, 6.07) is 37.7. The second-order valence-corrected chi connectivity index (χ2v) is 14.4. The SMILES string of the molecule is C#Cc1ccc(C)cc1Cc1cc(C)ccc1C#C.CC.CC.Cc1cc2c(cc1C)-c1cc(ccc1C)Cc1cccc(c1)-c1cc(S)c(C)cc1C2. The lowest BCUT2D eigenvalue weighted by Crippen LogP contribution is -2.01. The largest absolute Gasteiger partial charge is 0.143 e. The van der Waals surface area contributed by atoms with Gasteiger partial charge in [0.1, 0.15) is 0 Å². The number of benzene rings is 6. The van der Waals surface area contributed by atoms with Crippen LogP contribution < -0.4 is 0 Å². The highest BCUT2D eigenvalue weighted by Gasteiger charge is 2.17. The lowest BCUT2D eigenvalue weighted by Gasteiger charge is -2.20. The van der Waals surface area contributed by atoms with Crippen LogP contribution in [0.5, 0.6) is 0 Å². The molecule has 0 aliphatic heterocycles. The van der Waals surface area contributed by atoms with Crippen molar-refractivity contribution in [3.63, 3.8) is 0 Å². The van der Waals surface area contributed by atoms with Crippen molar-refractivity contribution in [3.8, 4) is 46.9 Å². The van der Waals surface area contributed by atoms with E-state index in [-0.39, 0.29) is 0 Å². The van der Waals surface area contributed by atoms with Crippen LogP contribution in [0.2, 0.25) is 0 Å². The lowest BCUT2D eigenvalue weighted by atomic mass is 9.85. The minimum Gasteiger partial charge on any atom is -0.143 e. The van der Waals surface area contributed by atoms with Crippen LogP contribution in [-0.4, -0.2) is 0 Å². The van der Waals surface area contributed by atoms with E-state index in [9.17, 15) is 0 Å². The van der Waals surface area contributed by atoms with Crippen molar-refractivity contribution in [1.82, 2.24) is 0 Å². The van der Waals surface area contributed by atoms with Gasteiger partial charge in [0.25, 0.3) is 0 Å². The fourth-order valence-electron chi connectivity index (χ4n) is 7.03. The van der Waals surface area contributed by atoms with Crippen LogP contribution >= 0.6 is 12.6 Å². The first kappa shape index (κ1) is 41.5. The monoisotopic (exact) mass is 724 g/mol. The van der Waals surface area contributed by atoms with E-state index in [1.165, 1.54) is 77.9 Å². The average Bonchev–Trinajstić information content (AvgIpc) is 3.17. The molecule has 0 unspecified atom stereocenters. The Kier molecular flexibility index (Phi) is 14.8. The molecule has 0 amide bonds. The van der Waals surface area contributed by atoms with Crippen molar-refractivity contribution in [2.75, 3.05) is 0 Å². The van der Waals surface area contributed by atoms with E-state index in [2.05, 4.69) is 132 Å². The molecular weight excluding hydrogens is 669 g/mol. The first-order valence-corrected chi connectivity index (χ1v) is 19.7. The Morgan fingerprint density at radius 3 is 1.67 bits per heavy atom. The average molecular weight is 725 g/mol. The van der Waals surface area contributed by atoms with Gasteiger partial charge in [-0.1, -0.05) is 136 Å². The van der Waals surface area contributed by atoms with E-state index >= 15 is 0 Å². The van der Waals surface area contributed by atoms with Crippen molar-refractivity contribution in [2.45, 2.75) is 93.4 Å². The molecule has 7 rings (SSSR count). The number of fused-ring (bicyclic) bond motifs is 8. The number of aryl methyl sites for hydroxylation is 6. The molecular formula is C53H56S. The van der Waals surface area contributed by atoms with E-state index in [0.717, 1.165) is 46.4 Å². The van der Waals surface area contributed by atoms with Crippen molar-refractivity contribution in [2.24, 2.45) is 0 Å². The Bertz CT molecular complexity index is 2270. The third kappa shape index (κ3) is 9.85. The summed E-state index contributed by atoms with van der Waals surface area (Å²) >= 11 is 4.76. The Labute approximate surface area is 332 Å². The van der Waals surface area contributed by atoms with Crippen LogP contribution in [-0.2, 0) is 19.3 Å². The Morgan fingerprint density at radius 2 is 1.06 bits per heavy atom. The highest BCUT2D eigenvalue weighted by molar-refractivity contribution is 7.80. The van der Waals surface area contributed by atoms with Crippen LogP contribution in [0, 0.1) is 66.2 Å². The normalized spacial score (nSPS) is 10.8. The Morgan fingerprint density at radius 1 is 0.500 bits per heavy atom. The van der Waals surface area contributed by atoms with E-state index < -0.39 is 0 Å². The van der Waals surface area contributed by atoms with Gasteiger partial charge >= 0.3 is 0 Å². The van der Waals surface area contributed by atoms with Gasteiger partial charge in [-0.15, -0.1) is 25.5 Å². The number of thiol groups is 1.